The van der Waals surface area contributed by atoms with Gasteiger partial charge >= 0.3 is 6.09 Å². The molecule has 0 aliphatic rings. The number of carbonyl (C=O) groups is 1. The quantitative estimate of drug-likeness (QED) is 0.643. The predicted octanol–water partition coefficient (Wildman–Crippen LogP) is 0.161. The van der Waals surface area contributed by atoms with E-state index in [0.29, 0.717) is 0 Å². The average molecular weight is 289 g/mol. The molecule has 1 unspecified atom stereocenters. The van der Waals surface area contributed by atoms with Crippen molar-refractivity contribution in [2.75, 3.05) is 12.3 Å². The first-order valence-electron chi connectivity index (χ1n) is 5.44. The Morgan fingerprint density at radius 2 is 1.95 bits per heavy atom. The van der Waals surface area contributed by atoms with Crippen LogP contribution in [0, 0.1) is 0 Å². The van der Waals surface area contributed by atoms with E-state index in [-0.39, 0.29) is 13.2 Å². The van der Waals surface area contributed by atoms with E-state index in [0.717, 1.165) is 5.56 Å². The fraction of sp³-hybridized carbons (Fsp3) is 0.364. The van der Waals surface area contributed by atoms with Crippen LogP contribution in [0.5, 0.6) is 0 Å². The van der Waals surface area contributed by atoms with E-state index >= 15 is 0 Å². The Morgan fingerprint density at radius 3 is 2.53 bits per heavy atom. The summed E-state index contributed by atoms with van der Waals surface area (Å²) in [5, 5.41) is 11.4. The summed E-state index contributed by atoms with van der Waals surface area (Å²) in [5.41, 5.74) is 0.802. The number of hydrogen-bond donors (Lipinski definition) is 3. The van der Waals surface area contributed by atoms with Crippen LogP contribution in [0.15, 0.2) is 30.3 Å². The molecule has 0 aliphatic heterocycles. The van der Waals surface area contributed by atoms with Crippen molar-refractivity contribution in [1.29, 1.82) is 0 Å². The molecule has 0 radical (unpaired) electrons. The minimum absolute atomic E-state index is 0.0705. The molecule has 8 heteroatoms. The van der Waals surface area contributed by atoms with Gasteiger partial charge in [0, 0.05) is 6.54 Å². The number of rotatable bonds is 6. The fourth-order valence-corrected chi connectivity index (χ4v) is 1.88. The first kappa shape index (κ1) is 15.4. The first-order valence-corrected chi connectivity index (χ1v) is 7.05. The first-order chi connectivity index (χ1) is 8.87. The predicted molar refractivity (Wildman–Crippen MR) is 67.1 cm³/mol. The van der Waals surface area contributed by atoms with Gasteiger partial charge in [-0.1, -0.05) is 30.3 Å². The van der Waals surface area contributed by atoms with Gasteiger partial charge < -0.3 is 15.2 Å². The number of benzene rings is 1. The van der Waals surface area contributed by atoms with Crippen molar-refractivity contribution in [2.24, 2.45) is 0 Å². The van der Waals surface area contributed by atoms with Crippen LogP contribution in [-0.4, -0.2) is 42.6 Å². The lowest BCUT2D eigenvalue weighted by Crippen LogP contribution is -2.36. The zero-order valence-corrected chi connectivity index (χ0v) is 10.8. The number of hydrogen-bond acceptors (Lipinski definition) is 5. The summed E-state index contributed by atoms with van der Waals surface area (Å²) in [6, 6.07) is 8.98. The Hall–Kier alpha value is -1.64. The van der Waals surface area contributed by atoms with Gasteiger partial charge in [0.25, 0.3) is 10.1 Å². The lowest BCUT2D eigenvalue weighted by atomic mass is 10.2. The molecule has 0 spiro atoms. The van der Waals surface area contributed by atoms with Crippen LogP contribution in [0.2, 0.25) is 0 Å². The highest BCUT2D eigenvalue weighted by molar-refractivity contribution is 7.85. The Bertz CT molecular complexity index is 501. The molecule has 1 atom stereocenters. The van der Waals surface area contributed by atoms with Crippen molar-refractivity contribution in [3.05, 3.63) is 35.9 Å². The third kappa shape index (κ3) is 7.39. The molecule has 106 valence electrons. The number of carbonyl (C=O) groups excluding carboxylic acids is 1. The van der Waals surface area contributed by atoms with Gasteiger partial charge in [-0.25, -0.2) is 4.79 Å². The number of amides is 1. The van der Waals surface area contributed by atoms with Gasteiger partial charge in [0.1, 0.15) is 12.4 Å². The third-order valence-electron chi connectivity index (χ3n) is 2.10. The third-order valence-corrected chi connectivity index (χ3v) is 2.90. The lowest BCUT2D eigenvalue weighted by molar-refractivity contribution is 0.129. The zero-order valence-electron chi connectivity index (χ0n) is 10.0. The molecule has 0 aliphatic carbocycles. The molecule has 0 saturated heterocycles. The summed E-state index contributed by atoms with van der Waals surface area (Å²) in [5.74, 6) is -0.841. The molecule has 19 heavy (non-hydrogen) atoms. The van der Waals surface area contributed by atoms with Crippen LogP contribution in [0.4, 0.5) is 4.79 Å². The van der Waals surface area contributed by atoms with Crippen molar-refractivity contribution < 1.29 is 27.6 Å². The highest BCUT2D eigenvalue weighted by Crippen LogP contribution is 2.00. The van der Waals surface area contributed by atoms with Crippen LogP contribution in [0.3, 0.4) is 0 Å². The van der Waals surface area contributed by atoms with Crippen molar-refractivity contribution in [2.45, 2.75) is 12.7 Å². The molecule has 3 N–H and O–H groups in total. The molecule has 1 aromatic rings. The maximum atomic E-state index is 11.2. The highest BCUT2D eigenvalue weighted by atomic mass is 32.2. The second kappa shape index (κ2) is 7.07. The number of nitrogens with one attached hydrogen (secondary N) is 1. The van der Waals surface area contributed by atoms with Crippen molar-refractivity contribution in [3.8, 4) is 0 Å². The van der Waals surface area contributed by atoms with Crippen molar-refractivity contribution >= 4 is 16.2 Å². The van der Waals surface area contributed by atoms with Gasteiger partial charge in [-0.15, -0.1) is 0 Å². The number of aliphatic hydroxyl groups is 1. The van der Waals surface area contributed by atoms with E-state index in [4.69, 9.17) is 9.29 Å². The summed E-state index contributed by atoms with van der Waals surface area (Å²) in [6.07, 6.45) is -2.17. The fourth-order valence-electron chi connectivity index (χ4n) is 1.28. The summed E-state index contributed by atoms with van der Waals surface area (Å²) < 4.78 is 34.2. The Labute approximate surface area is 111 Å². The zero-order chi connectivity index (χ0) is 14.3. The van der Waals surface area contributed by atoms with E-state index in [1.165, 1.54) is 0 Å². The van der Waals surface area contributed by atoms with Gasteiger partial charge in [0.15, 0.2) is 0 Å². The maximum absolute atomic E-state index is 11.2. The maximum Gasteiger partial charge on any atom is 0.407 e. The molecular weight excluding hydrogens is 274 g/mol. The summed E-state index contributed by atoms with van der Waals surface area (Å²) >= 11 is 0. The molecule has 0 fully saturated rings. The Balaban J connectivity index is 2.25. The van der Waals surface area contributed by atoms with Crippen LogP contribution in [-0.2, 0) is 21.5 Å². The summed E-state index contributed by atoms with van der Waals surface area (Å²) in [7, 11) is -4.27. The largest absolute Gasteiger partial charge is 0.445 e. The molecule has 0 saturated carbocycles. The van der Waals surface area contributed by atoms with E-state index in [2.05, 4.69) is 5.32 Å². The lowest BCUT2D eigenvalue weighted by Gasteiger charge is -2.10. The van der Waals surface area contributed by atoms with Gasteiger partial charge in [-0.05, 0) is 5.56 Å². The molecule has 0 bridgehead atoms. The molecule has 0 heterocycles. The molecule has 1 amide bonds. The SMILES string of the molecule is O=C(NCC(O)CS(=O)(=O)O)OCc1ccccc1. The topological polar surface area (TPSA) is 113 Å². The molecule has 1 rings (SSSR count). The van der Waals surface area contributed by atoms with Gasteiger partial charge in [-0.2, -0.15) is 8.42 Å². The number of alkyl carbamates (subject to hydrolysis) is 1. The normalized spacial score (nSPS) is 12.7. The average Bonchev–Trinajstić information content (AvgIpc) is 2.33. The Morgan fingerprint density at radius 1 is 1.32 bits per heavy atom. The van der Waals surface area contributed by atoms with E-state index in [1.807, 2.05) is 6.07 Å². The van der Waals surface area contributed by atoms with E-state index < -0.39 is 28.1 Å². The van der Waals surface area contributed by atoms with Crippen LogP contribution in [0.1, 0.15) is 5.56 Å². The minimum atomic E-state index is -4.27. The smallest absolute Gasteiger partial charge is 0.407 e. The van der Waals surface area contributed by atoms with Crippen LogP contribution >= 0.6 is 0 Å². The monoisotopic (exact) mass is 289 g/mol. The standard InChI is InChI=1S/C11H15NO6S/c13-10(8-19(15,16)17)6-12-11(14)18-7-9-4-2-1-3-5-9/h1-5,10,13H,6-8H2,(H,12,14)(H,15,16,17). The highest BCUT2D eigenvalue weighted by Gasteiger charge is 2.15. The second-order valence-electron chi connectivity index (χ2n) is 3.85. The molecular formula is C11H15NO6S. The second-order valence-corrected chi connectivity index (χ2v) is 5.34. The molecule has 7 nitrogen and oxygen atoms in total. The number of aliphatic hydroxyl groups excluding tert-OH is 1. The summed E-state index contributed by atoms with van der Waals surface area (Å²) in [4.78, 5) is 11.2. The van der Waals surface area contributed by atoms with Crippen LogP contribution < -0.4 is 5.32 Å². The summed E-state index contributed by atoms with van der Waals surface area (Å²) in [6.45, 7) is -0.255. The van der Waals surface area contributed by atoms with E-state index in [9.17, 15) is 18.3 Å². The molecule has 1 aromatic carbocycles. The van der Waals surface area contributed by atoms with Gasteiger partial charge in [0.05, 0.1) is 6.10 Å². The van der Waals surface area contributed by atoms with Gasteiger partial charge in [0.2, 0.25) is 0 Å². The molecule has 0 aromatic heterocycles. The van der Waals surface area contributed by atoms with Crippen molar-refractivity contribution in [1.82, 2.24) is 5.32 Å². The number of ether oxygens (including phenoxy) is 1. The minimum Gasteiger partial charge on any atom is -0.445 e. The Kier molecular flexibility index (Phi) is 5.74. The van der Waals surface area contributed by atoms with Gasteiger partial charge in [-0.3, -0.25) is 4.55 Å². The van der Waals surface area contributed by atoms with E-state index in [1.54, 1.807) is 24.3 Å². The van der Waals surface area contributed by atoms with Crippen molar-refractivity contribution in [3.63, 3.8) is 0 Å². The van der Waals surface area contributed by atoms with Crippen LogP contribution in [0.25, 0.3) is 0 Å².